The van der Waals surface area contributed by atoms with E-state index < -0.39 is 28.9 Å². The lowest BCUT2D eigenvalue weighted by molar-refractivity contribution is 0.0674. The normalized spacial score (nSPS) is 14.1. The van der Waals surface area contributed by atoms with Crippen LogP contribution in [0.5, 0.6) is 5.75 Å². The van der Waals surface area contributed by atoms with E-state index in [-0.39, 0.29) is 18.8 Å². The van der Waals surface area contributed by atoms with Crippen LogP contribution in [0.3, 0.4) is 0 Å². The number of amides is 1. The molecule has 0 bridgehead atoms. The first-order chi connectivity index (χ1) is 11.4. The zero-order chi connectivity index (χ0) is 17.4. The van der Waals surface area contributed by atoms with Crippen LogP contribution in [0.4, 0.5) is 0 Å². The van der Waals surface area contributed by atoms with Gasteiger partial charge in [-0.2, -0.15) is 0 Å². The third kappa shape index (κ3) is 2.49. The second-order valence-electron chi connectivity index (χ2n) is 5.95. The van der Waals surface area contributed by atoms with Gasteiger partial charge in [-0.05, 0) is 26.0 Å². The van der Waals surface area contributed by atoms with Crippen LogP contribution >= 0.6 is 0 Å². The molecule has 2 aromatic rings. The molecule has 126 valence electrons. The molecule has 0 unspecified atom stereocenters. The van der Waals surface area contributed by atoms with Crippen molar-refractivity contribution in [3.63, 3.8) is 0 Å². The number of aromatic nitrogens is 3. The number of aromatic hydroxyl groups is 1. The molecular weight excluding hydrogens is 312 g/mol. The van der Waals surface area contributed by atoms with Crippen LogP contribution in [0.15, 0.2) is 34.0 Å². The van der Waals surface area contributed by atoms with Gasteiger partial charge in [-0.15, -0.1) is 0 Å². The average Bonchev–Trinajstić information content (AvgIpc) is 2.55. The third-order valence-corrected chi connectivity index (χ3v) is 4.03. The van der Waals surface area contributed by atoms with Crippen LogP contribution in [-0.2, 0) is 13.1 Å². The monoisotopic (exact) mass is 330 g/mol. The second-order valence-corrected chi connectivity index (χ2v) is 5.95. The Morgan fingerprint density at radius 1 is 1.21 bits per heavy atom. The lowest BCUT2D eigenvalue weighted by Gasteiger charge is -2.30. The predicted molar refractivity (Wildman–Crippen MR) is 86.0 cm³/mol. The Kier molecular flexibility index (Phi) is 3.96. The molecule has 0 radical (unpaired) electrons. The highest BCUT2D eigenvalue weighted by Gasteiger charge is 2.32. The molecule has 0 fully saturated rings. The van der Waals surface area contributed by atoms with Crippen LogP contribution in [-0.4, -0.2) is 36.6 Å². The molecule has 0 spiro atoms. The molecule has 3 rings (SSSR count). The number of hydrogen-bond acceptors (Lipinski definition) is 5. The van der Waals surface area contributed by atoms with Gasteiger partial charge < -0.3 is 10.0 Å². The van der Waals surface area contributed by atoms with Crippen LogP contribution in [0.1, 0.15) is 36.1 Å². The molecule has 1 aliphatic rings. The fourth-order valence-corrected chi connectivity index (χ4v) is 2.85. The van der Waals surface area contributed by atoms with Crippen LogP contribution in [0.2, 0.25) is 0 Å². The zero-order valence-corrected chi connectivity index (χ0v) is 13.5. The largest absolute Gasteiger partial charge is 0.501 e. The maximum Gasteiger partial charge on any atom is 0.332 e. The van der Waals surface area contributed by atoms with E-state index in [2.05, 4.69) is 4.98 Å². The summed E-state index contributed by atoms with van der Waals surface area (Å²) in [6, 6.07) is 4.96. The Morgan fingerprint density at radius 3 is 2.58 bits per heavy atom. The van der Waals surface area contributed by atoms with Crippen molar-refractivity contribution in [2.24, 2.45) is 0 Å². The molecule has 1 N–H and O–H groups in total. The van der Waals surface area contributed by atoms with Gasteiger partial charge in [0.05, 0.1) is 12.2 Å². The van der Waals surface area contributed by atoms with Gasteiger partial charge in [0, 0.05) is 25.3 Å². The van der Waals surface area contributed by atoms with Gasteiger partial charge in [0.1, 0.15) is 0 Å². The minimum atomic E-state index is -0.839. The number of fused-ring (bicyclic) bond motifs is 1. The zero-order valence-electron chi connectivity index (χ0n) is 13.5. The lowest BCUT2D eigenvalue weighted by atomic mass is 10.2. The highest BCUT2D eigenvalue weighted by Crippen LogP contribution is 2.19. The molecule has 3 heterocycles. The van der Waals surface area contributed by atoms with Crippen molar-refractivity contribution in [2.75, 3.05) is 6.54 Å². The summed E-state index contributed by atoms with van der Waals surface area (Å²) in [5.74, 6) is -1.23. The topological polar surface area (TPSA) is 97.4 Å². The van der Waals surface area contributed by atoms with Crippen LogP contribution in [0.25, 0.3) is 0 Å². The van der Waals surface area contributed by atoms with E-state index in [0.29, 0.717) is 12.2 Å². The number of rotatable bonds is 3. The molecule has 1 aliphatic heterocycles. The number of carbonyl (C=O) groups is 1. The number of hydrogen-bond donors (Lipinski definition) is 1. The van der Waals surface area contributed by atoms with Crippen molar-refractivity contribution in [2.45, 2.75) is 33.0 Å². The van der Waals surface area contributed by atoms with Gasteiger partial charge >= 0.3 is 5.69 Å². The highest BCUT2D eigenvalue weighted by molar-refractivity contribution is 5.95. The molecule has 0 atom stereocenters. The van der Waals surface area contributed by atoms with Crippen molar-refractivity contribution in [1.29, 1.82) is 0 Å². The standard InChI is InChI=1S/C16H18N4O4/c1-10(2)20-15(23)13(21)12-14(22)18(7-8-19(12)16(20)24)9-11-5-3-4-6-17-11/h3-6,10,21H,7-9H2,1-2H3. The van der Waals surface area contributed by atoms with Crippen LogP contribution in [0, 0.1) is 0 Å². The SMILES string of the molecule is CC(C)n1c(=O)c(O)c2n(c1=O)CCN(Cc1ccccn1)C2=O. The molecular formula is C16H18N4O4. The lowest BCUT2D eigenvalue weighted by Crippen LogP contribution is -2.50. The first-order valence-electron chi connectivity index (χ1n) is 7.69. The van der Waals surface area contributed by atoms with Crippen molar-refractivity contribution in [3.8, 4) is 5.75 Å². The summed E-state index contributed by atoms with van der Waals surface area (Å²) in [6.07, 6.45) is 1.63. The summed E-state index contributed by atoms with van der Waals surface area (Å²) in [6.45, 7) is 4.12. The summed E-state index contributed by atoms with van der Waals surface area (Å²) < 4.78 is 2.13. The smallest absolute Gasteiger partial charge is 0.332 e. The highest BCUT2D eigenvalue weighted by atomic mass is 16.3. The fraction of sp³-hybridized carbons (Fsp3) is 0.375. The molecule has 0 aromatic carbocycles. The Balaban J connectivity index is 2.05. The number of pyridine rings is 1. The van der Waals surface area contributed by atoms with E-state index in [1.807, 2.05) is 6.07 Å². The Hall–Kier alpha value is -2.90. The molecule has 2 aromatic heterocycles. The van der Waals surface area contributed by atoms with Crippen LogP contribution < -0.4 is 11.2 Å². The van der Waals surface area contributed by atoms with Crippen molar-refractivity contribution >= 4 is 5.91 Å². The first kappa shape index (κ1) is 16.0. The maximum absolute atomic E-state index is 12.7. The summed E-state index contributed by atoms with van der Waals surface area (Å²) in [5, 5.41) is 10.2. The van der Waals surface area contributed by atoms with E-state index >= 15 is 0 Å². The van der Waals surface area contributed by atoms with Crippen molar-refractivity contribution in [1.82, 2.24) is 19.0 Å². The van der Waals surface area contributed by atoms with E-state index in [1.54, 1.807) is 32.2 Å². The average molecular weight is 330 g/mol. The van der Waals surface area contributed by atoms with E-state index in [1.165, 1.54) is 9.47 Å². The molecule has 0 saturated carbocycles. The summed E-state index contributed by atoms with van der Waals surface area (Å²) >= 11 is 0. The third-order valence-electron chi connectivity index (χ3n) is 4.03. The number of carbonyl (C=O) groups excluding carboxylic acids is 1. The minimum absolute atomic E-state index is 0.216. The summed E-state index contributed by atoms with van der Waals surface area (Å²) in [5.41, 5.74) is -0.969. The summed E-state index contributed by atoms with van der Waals surface area (Å²) in [7, 11) is 0. The predicted octanol–water partition coefficient (Wildman–Crippen LogP) is 0.347. The second kappa shape index (κ2) is 5.95. The molecule has 8 nitrogen and oxygen atoms in total. The van der Waals surface area contributed by atoms with Crippen molar-refractivity contribution < 1.29 is 9.90 Å². The van der Waals surface area contributed by atoms with Gasteiger partial charge in [0.25, 0.3) is 11.5 Å². The summed E-state index contributed by atoms with van der Waals surface area (Å²) in [4.78, 5) is 43.0. The van der Waals surface area contributed by atoms with E-state index in [4.69, 9.17) is 0 Å². The Morgan fingerprint density at radius 2 is 1.96 bits per heavy atom. The Labute approximate surface area is 137 Å². The molecule has 8 heteroatoms. The van der Waals surface area contributed by atoms with Gasteiger partial charge in [-0.1, -0.05) is 6.07 Å². The first-order valence-corrected chi connectivity index (χ1v) is 7.69. The van der Waals surface area contributed by atoms with E-state index in [0.717, 1.165) is 4.57 Å². The molecule has 0 saturated heterocycles. The van der Waals surface area contributed by atoms with E-state index in [9.17, 15) is 19.5 Å². The van der Waals surface area contributed by atoms with Gasteiger partial charge in [0.2, 0.25) is 5.75 Å². The minimum Gasteiger partial charge on any atom is -0.501 e. The Bertz CT molecular complexity index is 899. The number of nitrogens with zero attached hydrogens (tertiary/aromatic N) is 4. The molecule has 0 aliphatic carbocycles. The molecule has 24 heavy (non-hydrogen) atoms. The van der Waals surface area contributed by atoms with Gasteiger partial charge in [-0.3, -0.25) is 23.7 Å². The quantitative estimate of drug-likeness (QED) is 0.875. The van der Waals surface area contributed by atoms with Gasteiger partial charge in [-0.25, -0.2) is 4.79 Å². The fourth-order valence-electron chi connectivity index (χ4n) is 2.85. The maximum atomic E-state index is 12.7. The van der Waals surface area contributed by atoms with Crippen molar-refractivity contribution in [3.05, 3.63) is 56.6 Å². The molecule has 1 amide bonds. The van der Waals surface area contributed by atoms with Gasteiger partial charge in [0.15, 0.2) is 5.69 Å².